The first kappa shape index (κ1) is 16.5. The molecule has 0 bridgehead atoms. The van der Waals surface area contributed by atoms with Crippen LogP contribution >= 0.6 is 49.9 Å². The average Bonchev–Trinajstić information content (AvgIpc) is 2.84. The fourth-order valence-corrected chi connectivity index (χ4v) is 4.28. The highest BCUT2D eigenvalue weighted by atomic mass is 127. The van der Waals surface area contributed by atoms with Crippen molar-refractivity contribution in [3.05, 3.63) is 53.7 Å². The number of hydrogen-bond donors (Lipinski definition) is 1. The van der Waals surface area contributed by atoms with E-state index >= 15 is 0 Å². The van der Waals surface area contributed by atoms with E-state index in [1.54, 1.807) is 0 Å². The van der Waals surface area contributed by atoms with E-state index in [0.717, 1.165) is 4.47 Å². The molecule has 1 aromatic carbocycles. The molecule has 0 saturated heterocycles. The van der Waals surface area contributed by atoms with Gasteiger partial charge in [-0.1, -0.05) is 36.7 Å². The van der Waals surface area contributed by atoms with Crippen LogP contribution in [0.5, 0.6) is 0 Å². The van der Waals surface area contributed by atoms with Crippen LogP contribution in [-0.2, 0) is 5.41 Å². The van der Waals surface area contributed by atoms with E-state index in [1.807, 2.05) is 18.4 Å². The monoisotopic (exact) mass is 463 g/mol. The molecule has 0 amide bonds. The summed E-state index contributed by atoms with van der Waals surface area (Å²) in [6.07, 6.45) is 0. The topological polar surface area (TPSA) is 12.0 Å². The van der Waals surface area contributed by atoms with Crippen LogP contribution in [0.25, 0.3) is 0 Å². The van der Waals surface area contributed by atoms with Gasteiger partial charge in [-0.3, -0.25) is 0 Å². The van der Waals surface area contributed by atoms with E-state index in [-0.39, 0.29) is 11.5 Å². The lowest BCUT2D eigenvalue weighted by molar-refractivity contribution is 0.604. The molecule has 0 fully saturated rings. The van der Waals surface area contributed by atoms with Crippen molar-refractivity contribution < 1.29 is 0 Å². The van der Waals surface area contributed by atoms with Crippen molar-refractivity contribution in [3.8, 4) is 0 Å². The molecule has 0 aliphatic carbocycles. The Morgan fingerprint density at radius 3 is 2.45 bits per heavy atom. The highest BCUT2D eigenvalue weighted by Gasteiger charge is 2.21. The van der Waals surface area contributed by atoms with Gasteiger partial charge >= 0.3 is 0 Å². The maximum absolute atomic E-state index is 3.68. The Labute approximate surface area is 147 Å². The summed E-state index contributed by atoms with van der Waals surface area (Å²) in [6, 6.07) is 11.2. The second kappa shape index (κ2) is 6.46. The minimum Gasteiger partial charge on any atom is -0.309 e. The number of thiophene rings is 1. The Bertz CT molecular complexity index is 601. The van der Waals surface area contributed by atoms with Crippen LogP contribution in [0.1, 0.15) is 42.1 Å². The summed E-state index contributed by atoms with van der Waals surface area (Å²) < 4.78 is 2.41. The summed E-state index contributed by atoms with van der Waals surface area (Å²) >= 11 is 7.94. The lowest BCUT2D eigenvalue weighted by Gasteiger charge is -2.18. The highest BCUT2D eigenvalue weighted by molar-refractivity contribution is 14.1. The summed E-state index contributed by atoms with van der Waals surface area (Å²) in [6.45, 7) is 6.79. The minimum absolute atomic E-state index is 0.212. The van der Waals surface area contributed by atoms with Gasteiger partial charge in [-0.2, -0.15) is 0 Å². The summed E-state index contributed by atoms with van der Waals surface area (Å²) in [5.74, 6) is 0. The zero-order valence-corrected chi connectivity index (χ0v) is 16.7. The molecular weight excluding hydrogens is 445 g/mol. The number of hydrogen-bond acceptors (Lipinski definition) is 2. The Kier molecular flexibility index (Phi) is 5.32. The van der Waals surface area contributed by atoms with Gasteiger partial charge < -0.3 is 5.32 Å². The Hall–Kier alpha value is 0.0900. The zero-order valence-electron chi connectivity index (χ0n) is 12.1. The lowest BCUT2D eigenvalue weighted by atomic mass is 9.95. The molecular formula is C16H19BrINS. The summed E-state index contributed by atoms with van der Waals surface area (Å²) in [4.78, 5) is 2.79. The molecule has 0 spiro atoms. The minimum atomic E-state index is 0.212. The lowest BCUT2D eigenvalue weighted by Crippen LogP contribution is -2.17. The molecule has 1 aromatic heterocycles. The van der Waals surface area contributed by atoms with Gasteiger partial charge in [-0.05, 0) is 70.9 Å². The van der Waals surface area contributed by atoms with Crippen molar-refractivity contribution in [2.24, 2.45) is 0 Å². The van der Waals surface area contributed by atoms with E-state index in [0.29, 0.717) is 0 Å². The van der Waals surface area contributed by atoms with Crippen molar-refractivity contribution in [1.82, 2.24) is 5.32 Å². The maximum atomic E-state index is 3.68. The molecule has 1 unspecified atom stereocenters. The van der Waals surface area contributed by atoms with Crippen LogP contribution in [0.4, 0.5) is 0 Å². The van der Waals surface area contributed by atoms with Crippen LogP contribution in [-0.4, -0.2) is 7.05 Å². The number of benzene rings is 1. The molecule has 108 valence electrons. The molecule has 0 saturated carbocycles. The van der Waals surface area contributed by atoms with Crippen molar-refractivity contribution in [2.75, 3.05) is 7.05 Å². The molecule has 1 atom stereocenters. The number of halogens is 2. The number of rotatable bonds is 3. The van der Waals surface area contributed by atoms with Gasteiger partial charge in [-0.25, -0.2) is 0 Å². The molecule has 1 N–H and O–H groups in total. The SMILES string of the molecule is CNC(c1ccc(C(C)(C)C)s1)c1cc(I)ccc1Br. The smallest absolute Gasteiger partial charge is 0.0680 e. The second-order valence-electron chi connectivity index (χ2n) is 5.84. The second-order valence-corrected chi connectivity index (χ2v) is 9.05. The normalized spacial score (nSPS) is 13.5. The van der Waals surface area contributed by atoms with Gasteiger partial charge in [0.25, 0.3) is 0 Å². The molecule has 2 rings (SSSR count). The third-order valence-electron chi connectivity index (χ3n) is 3.21. The molecule has 20 heavy (non-hydrogen) atoms. The molecule has 4 heteroatoms. The maximum Gasteiger partial charge on any atom is 0.0680 e. The fourth-order valence-electron chi connectivity index (χ4n) is 2.10. The first-order valence-electron chi connectivity index (χ1n) is 6.55. The number of nitrogens with one attached hydrogen (secondary N) is 1. The predicted octanol–water partition coefficient (Wildman–Crippen LogP) is 5.72. The van der Waals surface area contributed by atoms with Gasteiger partial charge in [-0.15, -0.1) is 11.3 Å². The zero-order chi connectivity index (χ0) is 14.9. The fraction of sp³-hybridized carbons (Fsp3) is 0.375. The largest absolute Gasteiger partial charge is 0.309 e. The summed E-state index contributed by atoms with van der Waals surface area (Å²) in [5.41, 5.74) is 1.51. The third kappa shape index (κ3) is 3.64. The van der Waals surface area contributed by atoms with Gasteiger partial charge in [0.15, 0.2) is 0 Å². The molecule has 0 radical (unpaired) electrons. The van der Waals surface area contributed by atoms with E-state index in [1.165, 1.54) is 18.9 Å². The van der Waals surface area contributed by atoms with Crippen molar-refractivity contribution >= 4 is 49.9 Å². The molecule has 0 aliphatic rings. The quantitative estimate of drug-likeness (QED) is 0.573. The first-order valence-corrected chi connectivity index (χ1v) is 9.24. The van der Waals surface area contributed by atoms with E-state index in [2.05, 4.69) is 94.9 Å². The third-order valence-corrected chi connectivity index (χ3v) is 6.18. The van der Waals surface area contributed by atoms with E-state index in [4.69, 9.17) is 0 Å². The van der Waals surface area contributed by atoms with Gasteiger partial charge in [0, 0.05) is 17.8 Å². The van der Waals surface area contributed by atoms with Crippen LogP contribution in [0.15, 0.2) is 34.8 Å². The standard InChI is InChI=1S/C16H19BrINS/c1-16(2,3)14-8-7-13(20-14)15(19-4)11-9-10(18)5-6-12(11)17/h5-9,15,19H,1-4H3. The summed E-state index contributed by atoms with van der Waals surface area (Å²) in [7, 11) is 2.02. The highest BCUT2D eigenvalue weighted by Crippen LogP contribution is 2.36. The molecule has 1 heterocycles. The van der Waals surface area contributed by atoms with Crippen LogP contribution in [0.3, 0.4) is 0 Å². The van der Waals surface area contributed by atoms with Crippen molar-refractivity contribution in [1.29, 1.82) is 0 Å². The molecule has 1 nitrogen and oxygen atoms in total. The van der Waals surface area contributed by atoms with Crippen molar-refractivity contribution in [2.45, 2.75) is 32.2 Å². The van der Waals surface area contributed by atoms with E-state index < -0.39 is 0 Å². The Morgan fingerprint density at radius 1 is 1.20 bits per heavy atom. The Morgan fingerprint density at radius 2 is 1.90 bits per heavy atom. The molecule has 2 aromatic rings. The van der Waals surface area contributed by atoms with Gasteiger partial charge in [0.2, 0.25) is 0 Å². The van der Waals surface area contributed by atoms with Crippen molar-refractivity contribution in [3.63, 3.8) is 0 Å². The summed E-state index contributed by atoms with van der Waals surface area (Å²) in [5, 5.41) is 3.44. The molecule has 0 aliphatic heterocycles. The van der Waals surface area contributed by atoms with E-state index in [9.17, 15) is 0 Å². The van der Waals surface area contributed by atoms with Gasteiger partial charge in [0.1, 0.15) is 0 Å². The Balaban J connectivity index is 2.42. The van der Waals surface area contributed by atoms with Crippen LogP contribution in [0.2, 0.25) is 0 Å². The van der Waals surface area contributed by atoms with Crippen LogP contribution in [0, 0.1) is 3.57 Å². The van der Waals surface area contributed by atoms with Gasteiger partial charge in [0.05, 0.1) is 6.04 Å². The van der Waals surface area contributed by atoms with Crippen LogP contribution < -0.4 is 5.32 Å². The first-order chi connectivity index (χ1) is 9.32. The predicted molar refractivity (Wildman–Crippen MR) is 101 cm³/mol. The average molecular weight is 464 g/mol.